The monoisotopic (exact) mass is 183 g/mol. The smallest absolute Gasteiger partial charge is 0.0991 e. The summed E-state index contributed by atoms with van der Waals surface area (Å²) in [4.78, 5) is 6.96. The van der Waals surface area contributed by atoms with Gasteiger partial charge in [0.2, 0.25) is 0 Å². The first kappa shape index (κ1) is 10.5. The molecule has 1 fully saturated rings. The fourth-order valence-electron chi connectivity index (χ4n) is 1.88. The van der Waals surface area contributed by atoms with Crippen LogP contribution in [0.2, 0.25) is 0 Å². The third-order valence-electron chi connectivity index (χ3n) is 2.48. The van der Waals surface area contributed by atoms with Crippen molar-refractivity contribution in [3.63, 3.8) is 0 Å². The number of hydrogen-bond donors (Lipinski definition) is 1. The molecule has 2 rings (SSSR count). The lowest BCUT2D eigenvalue weighted by Gasteiger charge is -2.32. The van der Waals surface area contributed by atoms with Crippen LogP contribution in [0.4, 0.5) is 0 Å². The van der Waals surface area contributed by atoms with Crippen molar-refractivity contribution in [1.29, 1.82) is 0 Å². The van der Waals surface area contributed by atoms with E-state index in [9.17, 15) is 0 Å². The summed E-state index contributed by atoms with van der Waals surface area (Å²) >= 11 is 0. The molecule has 76 valence electrons. The summed E-state index contributed by atoms with van der Waals surface area (Å²) in [5.41, 5.74) is 0. The molecule has 0 amide bonds. The molecule has 0 saturated carbocycles. The van der Waals surface area contributed by atoms with E-state index < -0.39 is 0 Å². The summed E-state index contributed by atoms with van der Waals surface area (Å²) in [5.74, 6) is 1.32. The first-order valence-electron chi connectivity index (χ1n) is 5.42. The summed E-state index contributed by atoms with van der Waals surface area (Å²) in [5, 5.41) is 3.39. The molecule has 0 bridgehead atoms. The van der Waals surface area contributed by atoms with E-state index in [1.165, 1.54) is 5.84 Å². The number of piperazine rings is 1. The molecule has 1 atom stereocenters. The summed E-state index contributed by atoms with van der Waals surface area (Å²) in [6, 6.07) is 0.665. The van der Waals surface area contributed by atoms with Gasteiger partial charge < -0.3 is 10.2 Å². The average molecular weight is 183 g/mol. The highest BCUT2D eigenvalue weighted by Gasteiger charge is 2.27. The first-order valence-corrected chi connectivity index (χ1v) is 5.42. The van der Waals surface area contributed by atoms with E-state index in [1.807, 2.05) is 13.8 Å². The zero-order chi connectivity index (χ0) is 9.68. The number of aliphatic imine (C=N–C) groups is 1. The van der Waals surface area contributed by atoms with E-state index in [0.29, 0.717) is 6.04 Å². The number of hydrogen-bond acceptors (Lipinski definition) is 3. The normalized spacial score (nSPS) is 25.9. The van der Waals surface area contributed by atoms with Crippen molar-refractivity contribution in [3.8, 4) is 0 Å². The topological polar surface area (TPSA) is 27.6 Å². The Morgan fingerprint density at radius 2 is 2.31 bits per heavy atom. The molecule has 2 aliphatic heterocycles. The van der Waals surface area contributed by atoms with Gasteiger partial charge in [-0.05, 0) is 0 Å². The number of rotatable bonds is 1. The van der Waals surface area contributed by atoms with Gasteiger partial charge >= 0.3 is 0 Å². The quantitative estimate of drug-likeness (QED) is 0.659. The van der Waals surface area contributed by atoms with E-state index >= 15 is 0 Å². The largest absolute Gasteiger partial charge is 0.353 e. The second-order valence-corrected chi connectivity index (χ2v) is 3.16. The summed E-state index contributed by atoms with van der Waals surface area (Å²) in [7, 11) is 0. The number of fused-ring (bicyclic) bond motifs is 1. The summed E-state index contributed by atoms with van der Waals surface area (Å²) in [6.07, 6.45) is 1.09. The van der Waals surface area contributed by atoms with Crippen molar-refractivity contribution in [2.45, 2.75) is 33.2 Å². The van der Waals surface area contributed by atoms with Gasteiger partial charge in [0.25, 0.3) is 0 Å². The van der Waals surface area contributed by atoms with Crippen LogP contribution in [0.5, 0.6) is 0 Å². The number of nitrogens with one attached hydrogen (secondary N) is 1. The van der Waals surface area contributed by atoms with E-state index in [4.69, 9.17) is 0 Å². The van der Waals surface area contributed by atoms with Gasteiger partial charge in [-0.1, -0.05) is 20.8 Å². The maximum absolute atomic E-state index is 4.50. The lowest BCUT2D eigenvalue weighted by Crippen LogP contribution is -2.51. The third-order valence-corrected chi connectivity index (χ3v) is 2.48. The zero-order valence-corrected chi connectivity index (χ0v) is 9.01. The van der Waals surface area contributed by atoms with Crippen LogP contribution >= 0.6 is 0 Å². The Bertz CT molecular complexity index is 177. The van der Waals surface area contributed by atoms with Crippen LogP contribution in [0.25, 0.3) is 0 Å². The molecule has 13 heavy (non-hydrogen) atoms. The predicted octanol–water partition coefficient (Wildman–Crippen LogP) is 1.11. The van der Waals surface area contributed by atoms with Crippen molar-refractivity contribution in [3.05, 3.63) is 0 Å². The second kappa shape index (κ2) is 5.22. The Balaban J connectivity index is 0.000000396. The molecule has 2 aliphatic rings. The van der Waals surface area contributed by atoms with Crippen molar-refractivity contribution in [2.24, 2.45) is 4.99 Å². The fourth-order valence-corrected chi connectivity index (χ4v) is 1.88. The van der Waals surface area contributed by atoms with Crippen LogP contribution < -0.4 is 5.32 Å². The molecule has 0 aliphatic carbocycles. The maximum Gasteiger partial charge on any atom is 0.0991 e. The number of nitrogens with zero attached hydrogens (tertiary/aromatic N) is 2. The molecule has 0 aromatic rings. The molecule has 0 aromatic heterocycles. The molecule has 1 N–H and O–H groups in total. The second-order valence-electron chi connectivity index (χ2n) is 3.16. The van der Waals surface area contributed by atoms with Gasteiger partial charge in [0, 0.05) is 26.1 Å². The minimum Gasteiger partial charge on any atom is -0.353 e. The first-order chi connectivity index (χ1) is 6.42. The van der Waals surface area contributed by atoms with Crippen molar-refractivity contribution in [1.82, 2.24) is 10.2 Å². The van der Waals surface area contributed by atoms with E-state index in [-0.39, 0.29) is 0 Å². The predicted molar refractivity (Wildman–Crippen MR) is 57.3 cm³/mol. The standard InChI is InChI=1S/C8H15N3.C2H6/c1-2-8-10-6-7-5-9-3-4-11(7)8;1-2/h7,9H,2-6H2,1H3;1-2H3. The SMILES string of the molecule is CC.CCC1=NCC2CNCCN12. The molecule has 1 saturated heterocycles. The van der Waals surface area contributed by atoms with Gasteiger partial charge in [0.15, 0.2) is 0 Å². The van der Waals surface area contributed by atoms with Crippen LogP contribution in [0, 0.1) is 0 Å². The molecule has 0 aromatic carbocycles. The van der Waals surface area contributed by atoms with Crippen LogP contribution in [0.15, 0.2) is 4.99 Å². The van der Waals surface area contributed by atoms with Gasteiger partial charge in [-0.15, -0.1) is 0 Å². The van der Waals surface area contributed by atoms with Gasteiger partial charge in [0.1, 0.15) is 0 Å². The minimum absolute atomic E-state index is 0.665. The van der Waals surface area contributed by atoms with Crippen LogP contribution in [0.3, 0.4) is 0 Å². The molecule has 0 radical (unpaired) electrons. The van der Waals surface area contributed by atoms with Crippen molar-refractivity contribution in [2.75, 3.05) is 26.2 Å². The molecule has 3 nitrogen and oxygen atoms in total. The third kappa shape index (κ3) is 2.21. The molecule has 1 unspecified atom stereocenters. The van der Waals surface area contributed by atoms with Crippen LogP contribution in [-0.2, 0) is 0 Å². The highest BCUT2D eigenvalue weighted by Crippen LogP contribution is 2.13. The van der Waals surface area contributed by atoms with Crippen molar-refractivity contribution >= 4 is 5.84 Å². The van der Waals surface area contributed by atoms with E-state index in [1.54, 1.807) is 0 Å². The maximum atomic E-state index is 4.50. The van der Waals surface area contributed by atoms with Gasteiger partial charge in [-0.3, -0.25) is 4.99 Å². The lowest BCUT2D eigenvalue weighted by molar-refractivity contribution is 0.281. The van der Waals surface area contributed by atoms with Gasteiger partial charge in [-0.2, -0.15) is 0 Å². The molecule has 0 spiro atoms. The Labute approximate surface area is 81.2 Å². The molecular formula is C10H21N3. The Hall–Kier alpha value is -0.570. The van der Waals surface area contributed by atoms with Crippen molar-refractivity contribution < 1.29 is 0 Å². The highest BCUT2D eigenvalue weighted by molar-refractivity contribution is 5.84. The fraction of sp³-hybridized carbons (Fsp3) is 0.900. The Morgan fingerprint density at radius 3 is 3.00 bits per heavy atom. The molecule has 2 heterocycles. The zero-order valence-electron chi connectivity index (χ0n) is 9.01. The van der Waals surface area contributed by atoms with Crippen LogP contribution in [-0.4, -0.2) is 43.0 Å². The number of amidine groups is 1. The summed E-state index contributed by atoms with van der Waals surface area (Å²) < 4.78 is 0. The lowest BCUT2D eigenvalue weighted by atomic mass is 10.2. The highest BCUT2D eigenvalue weighted by atomic mass is 15.3. The minimum atomic E-state index is 0.665. The summed E-state index contributed by atoms with van der Waals surface area (Å²) in [6.45, 7) is 10.6. The Morgan fingerprint density at radius 1 is 1.54 bits per heavy atom. The Kier molecular flexibility index (Phi) is 4.22. The molecule has 3 heteroatoms. The van der Waals surface area contributed by atoms with Gasteiger partial charge in [0.05, 0.1) is 18.4 Å². The van der Waals surface area contributed by atoms with E-state index in [0.717, 1.165) is 32.6 Å². The van der Waals surface area contributed by atoms with E-state index in [2.05, 4.69) is 22.1 Å². The molecular weight excluding hydrogens is 162 g/mol. The van der Waals surface area contributed by atoms with Gasteiger partial charge in [-0.25, -0.2) is 0 Å². The van der Waals surface area contributed by atoms with Crippen LogP contribution in [0.1, 0.15) is 27.2 Å². The average Bonchev–Trinajstić information content (AvgIpc) is 2.64.